The van der Waals surface area contributed by atoms with Crippen molar-refractivity contribution in [2.75, 3.05) is 76.2 Å². The van der Waals surface area contributed by atoms with Crippen LogP contribution in [0, 0.1) is 0 Å². The van der Waals surface area contributed by atoms with Crippen LogP contribution < -0.4 is 29.7 Å². The Bertz CT molecular complexity index is 2740. The maximum atomic E-state index is 14.5. The van der Waals surface area contributed by atoms with Gasteiger partial charge in [-0.25, -0.2) is 4.18 Å². The number of carbonyl (C=O) groups is 4. The molecule has 24 heteroatoms. The van der Waals surface area contributed by atoms with E-state index in [1.807, 2.05) is 12.1 Å². The van der Waals surface area contributed by atoms with Crippen molar-refractivity contribution in [1.82, 2.24) is 9.80 Å². The van der Waals surface area contributed by atoms with E-state index >= 15 is 0 Å². The summed E-state index contributed by atoms with van der Waals surface area (Å²) in [4.78, 5) is 62.6. The van der Waals surface area contributed by atoms with Crippen LogP contribution in [-0.4, -0.2) is 142 Å². The van der Waals surface area contributed by atoms with E-state index in [1.165, 1.54) is 47.1 Å². The van der Waals surface area contributed by atoms with E-state index in [0.717, 1.165) is 28.1 Å². The number of fused-ring (bicyclic) bond motifs is 4. The lowest BCUT2D eigenvalue weighted by Crippen LogP contribution is -2.45. The third kappa shape index (κ3) is 12.8. The molecular weight excluding hydrogens is 1020 g/mol. The normalized spacial score (nSPS) is 20.2. The Morgan fingerprint density at radius 1 is 0.716 bits per heavy atom. The predicted molar refractivity (Wildman–Crippen MR) is 276 cm³/mol. The number of hydrogen-bond acceptors (Lipinski definition) is 14. The molecule has 4 amide bonds. The number of rotatable bonds is 23. The van der Waals surface area contributed by atoms with Crippen molar-refractivity contribution in [1.29, 1.82) is 0 Å². The summed E-state index contributed by atoms with van der Waals surface area (Å²) in [6.07, 6.45) is 2.04. The minimum absolute atomic E-state index is 0.0206. The van der Waals surface area contributed by atoms with Gasteiger partial charge in [0.15, 0.2) is 11.5 Å². The fourth-order valence-corrected chi connectivity index (χ4v) is 11.1. The average molecular weight is 1090 g/mol. The summed E-state index contributed by atoms with van der Waals surface area (Å²) in [5.41, 5.74) is 2.90. The molecule has 3 aromatic carbocycles. The Balaban J connectivity index is 1.06. The molecule has 0 aromatic heterocycles. The molecule has 404 valence electrons. The van der Waals surface area contributed by atoms with Gasteiger partial charge in [-0.1, -0.05) is 51.4 Å². The highest BCUT2D eigenvalue weighted by atomic mass is 32.2. The molecular formula is C50H66F3N5O13SSi2. The molecule has 0 radical (unpaired) electrons. The van der Waals surface area contributed by atoms with Crippen molar-refractivity contribution >= 4 is 72.5 Å². The molecule has 4 aliphatic rings. The van der Waals surface area contributed by atoms with E-state index in [2.05, 4.69) is 39.3 Å². The first-order chi connectivity index (χ1) is 34.7. The van der Waals surface area contributed by atoms with Crippen molar-refractivity contribution in [3.63, 3.8) is 0 Å². The molecule has 18 nitrogen and oxygen atoms in total. The molecule has 0 spiro atoms. The molecule has 74 heavy (non-hydrogen) atoms. The van der Waals surface area contributed by atoms with Crippen LogP contribution in [0.25, 0.3) is 5.57 Å². The van der Waals surface area contributed by atoms with Gasteiger partial charge in [0.1, 0.15) is 31.3 Å². The van der Waals surface area contributed by atoms with Crippen molar-refractivity contribution in [3.8, 4) is 17.2 Å². The Hall–Kier alpha value is -5.51. The topological polar surface area (TPSA) is 206 Å². The Morgan fingerprint density at radius 2 is 1.32 bits per heavy atom. The highest BCUT2D eigenvalue weighted by molar-refractivity contribution is 7.87. The summed E-state index contributed by atoms with van der Waals surface area (Å²) in [6.45, 7) is 12.3. The van der Waals surface area contributed by atoms with Gasteiger partial charge in [-0.05, 0) is 78.9 Å². The van der Waals surface area contributed by atoms with Crippen LogP contribution in [0.4, 0.5) is 30.2 Å². The number of nitrogens with two attached hydrogens (primary N) is 1. The van der Waals surface area contributed by atoms with Gasteiger partial charge >= 0.3 is 15.6 Å². The second-order valence-electron chi connectivity index (χ2n) is 21.1. The maximum absolute atomic E-state index is 14.5. The van der Waals surface area contributed by atoms with Gasteiger partial charge in [0.2, 0.25) is 5.79 Å². The van der Waals surface area contributed by atoms with Gasteiger partial charge in [0.05, 0.1) is 56.5 Å². The van der Waals surface area contributed by atoms with Gasteiger partial charge in [-0.15, -0.1) is 0 Å². The van der Waals surface area contributed by atoms with Crippen molar-refractivity contribution in [2.24, 2.45) is 0 Å². The number of nitrogens with zero attached hydrogens (tertiary/aromatic N) is 4. The lowest BCUT2D eigenvalue weighted by molar-refractivity contribution is -0.180. The molecule has 1 saturated heterocycles. The molecule has 1 fully saturated rings. The van der Waals surface area contributed by atoms with E-state index in [-0.39, 0.29) is 85.2 Å². The fourth-order valence-electron chi connectivity index (χ4n) is 8.93. The minimum atomic E-state index is -6.31. The number of anilines is 3. The fraction of sp³-hybridized carbons (Fsp3) is 0.520. The number of unbranched alkanes of at least 4 members (excludes halogenated alkanes) is 2. The number of ether oxygens (including phenoxy) is 6. The van der Waals surface area contributed by atoms with Crippen LogP contribution in [0.5, 0.6) is 17.2 Å². The standard InChI is InChI=1S/C50H66F3N5O13SSi2/c1-65-36-16-17-39-37(25-36)46(60)56-30-49(71-72(63,64)50(51,52)53,28-42(56)48(62)57(39)31-67-20-22-73(3,4)5)70-19-11-9-10-18-69-44-27-40-38(26-43(44)66-2)45(59)55-29-34(33-12-14-35(54)15-13-33)24-41(55)47(61)58(40)32-68-21-23-74(6,7)8/h12-17,25-27,29,41-42H,9-11,18-24,28,30-32,54H2,1-8H3/t41-,42-,49?/m0/s1. The summed E-state index contributed by atoms with van der Waals surface area (Å²) < 4.78 is 107. The van der Waals surface area contributed by atoms with E-state index in [4.69, 9.17) is 38.3 Å². The van der Waals surface area contributed by atoms with E-state index in [1.54, 1.807) is 30.5 Å². The number of hydrogen-bond donors (Lipinski definition) is 1. The summed E-state index contributed by atoms with van der Waals surface area (Å²) in [7, 11) is -6.57. The number of amides is 4. The summed E-state index contributed by atoms with van der Waals surface area (Å²) in [6, 6.07) is 14.0. The summed E-state index contributed by atoms with van der Waals surface area (Å²) >= 11 is 0. The van der Waals surface area contributed by atoms with E-state index < -0.39 is 80.3 Å². The van der Waals surface area contributed by atoms with Crippen LogP contribution >= 0.6 is 0 Å². The molecule has 0 saturated carbocycles. The van der Waals surface area contributed by atoms with Gasteiger partial charge < -0.3 is 44.0 Å². The molecule has 0 aliphatic carbocycles. The SMILES string of the molecule is COc1ccc2c(c1)C(=O)N1CC(OCCCCCOc3cc4c(cc3OC)C(=O)N3C=C(c5ccc(N)cc5)C[C@H]3C(=O)N4COCC[Si](C)(C)C)(OS(=O)(=O)C(F)(F)F)C[C@H]1C(=O)N2COCC[Si](C)(C)C. The zero-order valence-corrected chi connectivity index (χ0v) is 45.9. The summed E-state index contributed by atoms with van der Waals surface area (Å²) in [5, 5.41) is 0. The molecule has 1 unspecified atom stereocenters. The maximum Gasteiger partial charge on any atom is 0.523 e. The minimum Gasteiger partial charge on any atom is -0.497 e. The highest BCUT2D eigenvalue weighted by Gasteiger charge is 2.60. The lowest BCUT2D eigenvalue weighted by Gasteiger charge is -2.30. The molecule has 7 rings (SSSR count). The number of alkyl halides is 3. The Labute approximate surface area is 431 Å². The van der Waals surface area contributed by atoms with Crippen molar-refractivity contribution < 1.29 is 73.4 Å². The van der Waals surface area contributed by atoms with Crippen LogP contribution in [0.15, 0.2) is 60.8 Å². The highest BCUT2D eigenvalue weighted by Crippen LogP contribution is 2.44. The quantitative estimate of drug-likeness (QED) is 0.0239. The summed E-state index contributed by atoms with van der Waals surface area (Å²) in [5.74, 6) is -4.18. The van der Waals surface area contributed by atoms with Crippen molar-refractivity contribution in [3.05, 3.63) is 77.5 Å². The zero-order valence-electron chi connectivity index (χ0n) is 43.0. The lowest BCUT2D eigenvalue weighted by atomic mass is 10.0. The molecule has 2 N–H and O–H groups in total. The molecule has 3 atom stereocenters. The average Bonchev–Trinajstić information content (AvgIpc) is 3.91. The van der Waals surface area contributed by atoms with Crippen molar-refractivity contribution in [2.45, 2.75) is 107 Å². The van der Waals surface area contributed by atoms with Crippen LogP contribution in [-0.2, 0) is 38.1 Å². The second-order valence-corrected chi connectivity index (χ2v) is 33.9. The first kappa shape index (κ1) is 56.2. The largest absolute Gasteiger partial charge is 0.523 e. The third-order valence-electron chi connectivity index (χ3n) is 13.1. The van der Waals surface area contributed by atoms with Crippen LogP contribution in [0.1, 0.15) is 58.4 Å². The van der Waals surface area contributed by atoms with Crippen LogP contribution in [0.2, 0.25) is 51.4 Å². The molecule has 0 bridgehead atoms. The second kappa shape index (κ2) is 22.4. The first-order valence-electron chi connectivity index (χ1n) is 24.4. The number of benzene rings is 3. The monoisotopic (exact) mass is 1090 g/mol. The van der Waals surface area contributed by atoms with Gasteiger partial charge in [-0.2, -0.15) is 21.6 Å². The smallest absolute Gasteiger partial charge is 0.497 e. The number of nitrogen functional groups attached to an aromatic ring is 1. The number of methoxy groups -OCH3 is 2. The van der Waals surface area contributed by atoms with Gasteiger partial charge in [0.25, 0.3) is 23.6 Å². The van der Waals surface area contributed by atoms with Gasteiger partial charge in [-0.3, -0.25) is 29.0 Å². The molecule has 4 aliphatic heterocycles. The van der Waals surface area contributed by atoms with Crippen LogP contribution in [0.3, 0.4) is 0 Å². The number of halogens is 3. The van der Waals surface area contributed by atoms with E-state index in [0.29, 0.717) is 31.7 Å². The Kier molecular flexibility index (Phi) is 17.0. The third-order valence-corrected chi connectivity index (χ3v) is 17.6. The zero-order chi connectivity index (χ0) is 54.0. The molecule has 4 heterocycles. The van der Waals surface area contributed by atoms with E-state index in [9.17, 15) is 40.8 Å². The molecule has 3 aromatic rings. The first-order valence-corrected chi connectivity index (χ1v) is 33.2. The van der Waals surface area contributed by atoms with Gasteiger partial charge in [0, 0.05) is 60.2 Å². The Morgan fingerprint density at radius 3 is 1.93 bits per heavy atom. The number of carbonyl (C=O) groups excluding carboxylic acids is 4. The predicted octanol–water partition coefficient (Wildman–Crippen LogP) is 7.90.